The van der Waals surface area contributed by atoms with Gasteiger partial charge < -0.3 is 10.6 Å². The maximum absolute atomic E-state index is 6.23. The quantitative estimate of drug-likeness (QED) is 0.871. The third kappa shape index (κ3) is 2.51. The molecule has 2 N–H and O–H groups in total. The zero-order valence-corrected chi connectivity index (χ0v) is 10.8. The molecule has 2 nitrogen and oxygen atoms in total. The van der Waals surface area contributed by atoms with Crippen LogP contribution in [0, 0.1) is 0 Å². The van der Waals surface area contributed by atoms with E-state index in [0.717, 1.165) is 17.1 Å². The van der Waals surface area contributed by atoms with Crippen molar-refractivity contribution in [3.63, 3.8) is 0 Å². The lowest BCUT2D eigenvalue weighted by Gasteiger charge is -2.24. The minimum absolute atomic E-state index is 0.257. The summed E-state index contributed by atoms with van der Waals surface area (Å²) in [6, 6.07) is 6.42. The molecule has 1 aromatic rings. The highest BCUT2D eigenvalue weighted by Crippen LogP contribution is 2.30. The van der Waals surface area contributed by atoms with Gasteiger partial charge in [0.1, 0.15) is 0 Å². The van der Waals surface area contributed by atoms with Crippen LogP contribution in [0.3, 0.4) is 0 Å². The molecule has 0 radical (unpaired) electrons. The maximum Gasteiger partial charge on any atom is 0.0488 e. The molecule has 2 rings (SSSR count). The number of nitrogens with one attached hydrogen (secondary N) is 2. The summed E-state index contributed by atoms with van der Waals surface area (Å²) in [5.74, 6) is 0. The first-order valence-corrected chi connectivity index (χ1v) is 6.33. The Kier molecular flexibility index (Phi) is 4.09. The van der Waals surface area contributed by atoms with Gasteiger partial charge in [-0.25, -0.2) is 0 Å². The molecular weight excluding hydrogens is 243 g/mol. The van der Waals surface area contributed by atoms with E-state index >= 15 is 0 Å². The van der Waals surface area contributed by atoms with Gasteiger partial charge in [-0.2, -0.15) is 0 Å². The summed E-state index contributed by atoms with van der Waals surface area (Å²) < 4.78 is 0. The fourth-order valence-electron chi connectivity index (χ4n) is 2.32. The van der Waals surface area contributed by atoms with Crippen molar-refractivity contribution in [1.82, 2.24) is 10.6 Å². The third-order valence-corrected chi connectivity index (χ3v) is 3.67. The number of benzene rings is 1. The number of rotatable bonds is 3. The molecule has 16 heavy (non-hydrogen) atoms. The highest BCUT2D eigenvalue weighted by Gasteiger charge is 2.25. The number of hydrogen-bond acceptors (Lipinski definition) is 2. The van der Waals surface area contributed by atoms with Gasteiger partial charge >= 0.3 is 0 Å². The second kappa shape index (κ2) is 5.37. The van der Waals surface area contributed by atoms with Crippen LogP contribution in [0.15, 0.2) is 18.2 Å². The zero-order chi connectivity index (χ0) is 11.5. The number of likely N-dealkylation sites (N-methyl/N-ethyl adjacent to an activating group) is 1. The first-order valence-electron chi connectivity index (χ1n) is 5.58. The Balaban J connectivity index is 2.25. The summed E-state index contributed by atoms with van der Waals surface area (Å²) in [7, 11) is 1.97. The summed E-state index contributed by atoms with van der Waals surface area (Å²) in [5, 5.41) is 8.24. The molecule has 88 valence electrons. The summed E-state index contributed by atoms with van der Waals surface area (Å²) in [6.07, 6.45) is 2.42. The van der Waals surface area contributed by atoms with Gasteiger partial charge in [0.25, 0.3) is 0 Å². The fourth-order valence-corrected chi connectivity index (χ4v) is 2.85. The van der Waals surface area contributed by atoms with Crippen LogP contribution in [-0.2, 0) is 0 Å². The molecule has 4 heteroatoms. The van der Waals surface area contributed by atoms with E-state index in [-0.39, 0.29) is 6.04 Å². The summed E-state index contributed by atoms with van der Waals surface area (Å²) in [6.45, 7) is 1.09. The van der Waals surface area contributed by atoms with Crippen molar-refractivity contribution >= 4 is 23.2 Å². The van der Waals surface area contributed by atoms with Crippen LogP contribution < -0.4 is 10.6 Å². The van der Waals surface area contributed by atoms with E-state index in [1.165, 1.54) is 12.8 Å². The Labute approximate surface area is 106 Å². The van der Waals surface area contributed by atoms with E-state index in [4.69, 9.17) is 23.2 Å². The maximum atomic E-state index is 6.23. The van der Waals surface area contributed by atoms with Crippen molar-refractivity contribution in [2.75, 3.05) is 13.6 Å². The van der Waals surface area contributed by atoms with Gasteiger partial charge in [0.2, 0.25) is 0 Å². The molecule has 1 aliphatic heterocycles. The van der Waals surface area contributed by atoms with E-state index in [9.17, 15) is 0 Å². The van der Waals surface area contributed by atoms with Crippen LogP contribution >= 0.6 is 23.2 Å². The molecular formula is C12H16Cl2N2. The van der Waals surface area contributed by atoms with Crippen LogP contribution in [0.2, 0.25) is 10.0 Å². The molecule has 1 saturated heterocycles. The smallest absolute Gasteiger partial charge is 0.0488 e. The molecule has 2 atom stereocenters. The van der Waals surface area contributed by atoms with Gasteiger partial charge in [-0.1, -0.05) is 29.3 Å². The Hall–Kier alpha value is -0.280. The molecule has 0 aliphatic carbocycles. The van der Waals surface area contributed by atoms with Crippen LogP contribution in [-0.4, -0.2) is 19.6 Å². The monoisotopic (exact) mass is 258 g/mol. The average Bonchev–Trinajstić information content (AvgIpc) is 2.75. The SMILES string of the molecule is CNC(c1ccc(Cl)cc1Cl)C1CCCN1. The van der Waals surface area contributed by atoms with Gasteiger partial charge in [0, 0.05) is 22.1 Å². The van der Waals surface area contributed by atoms with Gasteiger partial charge in [0.15, 0.2) is 0 Å². The lowest BCUT2D eigenvalue weighted by molar-refractivity contribution is 0.440. The van der Waals surface area contributed by atoms with Gasteiger partial charge in [-0.3, -0.25) is 0 Å². The highest BCUT2D eigenvalue weighted by atomic mass is 35.5. The molecule has 0 spiro atoms. The van der Waals surface area contributed by atoms with E-state index in [1.54, 1.807) is 6.07 Å². The predicted octanol–water partition coefficient (Wildman–Crippen LogP) is 3.01. The van der Waals surface area contributed by atoms with Crippen LogP contribution in [0.1, 0.15) is 24.4 Å². The standard InChI is InChI=1S/C12H16Cl2N2/c1-15-12(11-3-2-6-16-11)9-5-4-8(13)7-10(9)14/h4-5,7,11-12,15-16H,2-3,6H2,1H3. The molecule has 0 bridgehead atoms. The minimum atomic E-state index is 0.257. The summed E-state index contributed by atoms with van der Waals surface area (Å²) >= 11 is 12.1. The van der Waals surface area contributed by atoms with Crippen molar-refractivity contribution in [3.05, 3.63) is 33.8 Å². The van der Waals surface area contributed by atoms with Crippen LogP contribution in [0.5, 0.6) is 0 Å². The fraction of sp³-hybridized carbons (Fsp3) is 0.500. The second-order valence-corrected chi connectivity index (χ2v) is 4.98. The van der Waals surface area contributed by atoms with E-state index in [0.29, 0.717) is 11.1 Å². The van der Waals surface area contributed by atoms with Gasteiger partial charge in [0.05, 0.1) is 0 Å². The molecule has 2 unspecified atom stereocenters. The van der Waals surface area contributed by atoms with Crippen molar-refractivity contribution in [1.29, 1.82) is 0 Å². The van der Waals surface area contributed by atoms with Gasteiger partial charge in [-0.15, -0.1) is 0 Å². The third-order valence-electron chi connectivity index (χ3n) is 3.11. The van der Waals surface area contributed by atoms with E-state index in [2.05, 4.69) is 10.6 Å². The largest absolute Gasteiger partial charge is 0.312 e. The van der Waals surface area contributed by atoms with Gasteiger partial charge in [-0.05, 0) is 44.1 Å². The summed E-state index contributed by atoms with van der Waals surface area (Å²) in [4.78, 5) is 0. The van der Waals surface area contributed by atoms with E-state index in [1.807, 2.05) is 19.2 Å². The Morgan fingerprint density at radius 3 is 2.81 bits per heavy atom. The van der Waals surface area contributed by atoms with Crippen molar-refractivity contribution in [3.8, 4) is 0 Å². The molecule has 1 heterocycles. The van der Waals surface area contributed by atoms with Crippen molar-refractivity contribution in [2.24, 2.45) is 0 Å². The van der Waals surface area contributed by atoms with Crippen LogP contribution in [0.25, 0.3) is 0 Å². The summed E-state index contributed by atoms with van der Waals surface area (Å²) in [5.41, 5.74) is 1.12. The normalized spacial score (nSPS) is 22.3. The molecule has 1 aromatic carbocycles. The minimum Gasteiger partial charge on any atom is -0.312 e. The predicted molar refractivity (Wildman–Crippen MR) is 69.3 cm³/mol. The van der Waals surface area contributed by atoms with Crippen LogP contribution in [0.4, 0.5) is 0 Å². The number of halogens is 2. The first-order chi connectivity index (χ1) is 7.72. The Morgan fingerprint density at radius 1 is 1.44 bits per heavy atom. The molecule has 1 fully saturated rings. The molecule has 0 amide bonds. The highest BCUT2D eigenvalue weighted by molar-refractivity contribution is 6.35. The lowest BCUT2D eigenvalue weighted by atomic mass is 9.98. The molecule has 0 saturated carbocycles. The lowest BCUT2D eigenvalue weighted by Crippen LogP contribution is -2.36. The molecule has 0 aromatic heterocycles. The van der Waals surface area contributed by atoms with Crippen molar-refractivity contribution < 1.29 is 0 Å². The molecule has 1 aliphatic rings. The second-order valence-electron chi connectivity index (χ2n) is 4.14. The average molecular weight is 259 g/mol. The zero-order valence-electron chi connectivity index (χ0n) is 9.26. The topological polar surface area (TPSA) is 24.1 Å². The number of hydrogen-bond donors (Lipinski definition) is 2. The Bertz CT molecular complexity index is 362. The van der Waals surface area contributed by atoms with Crippen molar-refractivity contribution in [2.45, 2.75) is 24.9 Å². The van der Waals surface area contributed by atoms with E-state index < -0.39 is 0 Å². The first kappa shape index (κ1) is 12.2. The Morgan fingerprint density at radius 2 is 2.25 bits per heavy atom.